The van der Waals surface area contributed by atoms with Gasteiger partial charge in [0.15, 0.2) is 5.82 Å². The van der Waals surface area contributed by atoms with Crippen molar-refractivity contribution in [3.05, 3.63) is 200 Å². The molecule has 7 aromatic carbocycles. The van der Waals surface area contributed by atoms with Crippen LogP contribution in [0.2, 0.25) is 0 Å². The lowest BCUT2D eigenvalue weighted by Crippen LogP contribution is -1.98. The summed E-state index contributed by atoms with van der Waals surface area (Å²) in [5.74, 6) is 0.681. The van der Waals surface area contributed by atoms with E-state index in [2.05, 4.69) is 184 Å². The third-order valence-corrected chi connectivity index (χ3v) is 11.5. The van der Waals surface area contributed by atoms with Gasteiger partial charge in [-0.1, -0.05) is 127 Å². The van der Waals surface area contributed by atoms with Gasteiger partial charge in [-0.25, -0.2) is 9.97 Å². The molecular formula is C53H33N5. The summed E-state index contributed by atoms with van der Waals surface area (Å²) in [6, 6.07) is 67.0. The molecule has 0 atom stereocenters. The minimum atomic E-state index is 0.681. The van der Waals surface area contributed by atoms with E-state index in [0.29, 0.717) is 5.82 Å². The Hall–Kier alpha value is -7.89. The summed E-state index contributed by atoms with van der Waals surface area (Å²) in [4.78, 5) is 14.8. The molecule has 0 aliphatic carbocycles. The molecule has 5 heterocycles. The molecule has 5 nitrogen and oxygen atoms in total. The van der Waals surface area contributed by atoms with Gasteiger partial charge in [0.1, 0.15) is 0 Å². The molecule has 5 heteroatoms. The van der Waals surface area contributed by atoms with Crippen molar-refractivity contribution in [2.45, 2.75) is 0 Å². The topological polar surface area (TPSA) is 48.0 Å². The van der Waals surface area contributed by atoms with Crippen molar-refractivity contribution >= 4 is 59.9 Å². The molecule has 0 fully saturated rings. The van der Waals surface area contributed by atoms with Crippen LogP contribution in [0.25, 0.3) is 111 Å². The number of nitrogens with zero attached hydrogens (tertiary/aromatic N) is 5. The lowest BCUT2D eigenvalue weighted by atomic mass is 10.0. The summed E-state index contributed by atoms with van der Waals surface area (Å²) in [7, 11) is 0. The predicted molar refractivity (Wildman–Crippen MR) is 239 cm³/mol. The molecular weight excluding hydrogens is 707 g/mol. The molecule has 270 valence electrons. The summed E-state index contributed by atoms with van der Waals surface area (Å²) < 4.78 is 4.85. The normalized spacial score (nSPS) is 11.8. The van der Waals surface area contributed by atoms with E-state index in [-0.39, 0.29) is 0 Å². The number of para-hydroxylation sites is 1. The highest BCUT2D eigenvalue weighted by molar-refractivity contribution is 6.19. The first-order chi connectivity index (χ1) is 28.7. The van der Waals surface area contributed by atoms with Crippen LogP contribution in [0.4, 0.5) is 0 Å². The number of fused-ring (bicyclic) bond motifs is 11. The van der Waals surface area contributed by atoms with Crippen molar-refractivity contribution in [2.24, 2.45) is 0 Å². The average molecular weight is 740 g/mol. The number of hydrogen-bond donors (Lipinski definition) is 0. The van der Waals surface area contributed by atoms with Gasteiger partial charge < -0.3 is 8.97 Å². The third kappa shape index (κ3) is 5.07. The molecule has 0 amide bonds. The van der Waals surface area contributed by atoms with Gasteiger partial charge in [0, 0.05) is 67.3 Å². The minimum Gasteiger partial charge on any atom is -0.309 e. The van der Waals surface area contributed by atoms with Crippen molar-refractivity contribution in [2.75, 3.05) is 0 Å². The number of pyridine rings is 2. The third-order valence-electron chi connectivity index (χ3n) is 11.5. The molecule has 0 unspecified atom stereocenters. The first-order valence-corrected chi connectivity index (χ1v) is 19.6. The van der Waals surface area contributed by atoms with Gasteiger partial charge in [-0.2, -0.15) is 0 Å². The monoisotopic (exact) mass is 739 g/mol. The van der Waals surface area contributed by atoms with Gasteiger partial charge in [-0.05, 0) is 71.6 Å². The molecule has 58 heavy (non-hydrogen) atoms. The molecule has 12 rings (SSSR count). The molecule has 12 aromatic rings. The first-order valence-electron chi connectivity index (χ1n) is 19.6. The number of benzene rings is 7. The molecule has 0 aliphatic heterocycles. The Balaban J connectivity index is 1.13. The highest BCUT2D eigenvalue weighted by Gasteiger charge is 2.19. The van der Waals surface area contributed by atoms with Gasteiger partial charge in [-0.15, -0.1) is 0 Å². The van der Waals surface area contributed by atoms with Crippen molar-refractivity contribution < 1.29 is 0 Å². The Labute approximate surface area is 333 Å². The van der Waals surface area contributed by atoms with Crippen LogP contribution in [-0.4, -0.2) is 23.9 Å². The Morgan fingerprint density at radius 2 is 1.00 bits per heavy atom. The van der Waals surface area contributed by atoms with E-state index in [1.54, 1.807) is 0 Å². The van der Waals surface area contributed by atoms with Crippen LogP contribution in [-0.2, 0) is 0 Å². The molecule has 0 N–H and O–H groups in total. The summed E-state index contributed by atoms with van der Waals surface area (Å²) >= 11 is 0. The largest absolute Gasteiger partial charge is 0.309 e. The molecule has 0 saturated heterocycles. The summed E-state index contributed by atoms with van der Waals surface area (Å²) in [6.45, 7) is 0. The zero-order valence-electron chi connectivity index (χ0n) is 31.3. The van der Waals surface area contributed by atoms with Gasteiger partial charge in [0.25, 0.3) is 0 Å². The van der Waals surface area contributed by atoms with Crippen molar-refractivity contribution in [3.8, 4) is 50.7 Å². The van der Waals surface area contributed by atoms with Crippen molar-refractivity contribution in [1.82, 2.24) is 23.9 Å². The van der Waals surface area contributed by atoms with Crippen LogP contribution in [0.5, 0.6) is 0 Å². The van der Waals surface area contributed by atoms with Crippen LogP contribution >= 0.6 is 0 Å². The van der Waals surface area contributed by atoms with E-state index in [1.165, 1.54) is 48.9 Å². The predicted octanol–water partition coefficient (Wildman–Crippen LogP) is 13.3. The maximum atomic E-state index is 5.18. The standard InChI is InChI=1S/C53H33N5/c1-3-13-34(14-4-1)46-31-47(35-15-5-2-6-16-35)56-53(55-46)37-17-11-19-40(27-37)57-49-25-24-36(38-18-12-26-54-33-38)28-44(49)45-29-39-30-51-43-22-8-7-20-41(43)42-21-9-10-23-48(42)58(51)50(39)32-52(45)57/h1-33H. The maximum Gasteiger partial charge on any atom is 0.160 e. The fourth-order valence-electron chi connectivity index (χ4n) is 8.88. The number of aromatic nitrogens is 5. The molecule has 0 bridgehead atoms. The van der Waals surface area contributed by atoms with Crippen LogP contribution in [0, 0.1) is 0 Å². The highest BCUT2D eigenvalue weighted by Crippen LogP contribution is 2.41. The fraction of sp³-hybridized carbons (Fsp3) is 0. The zero-order valence-corrected chi connectivity index (χ0v) is 31.3. The Morgan fingerprint density at radius 3 is 1.74 bits per heavy atom. The van der Waals surface area contributed by atoms with Crippen LogP contribution in [0.3, 0.4) is 0 Å². The zero-order chi connectivity index (χ0) is 38.2. The van der Waals surface area contributed by atoms with Gasteiger partial charge in [0.05, 0.1) is 39.0 Å². The SMILES string of the molecule is c1ccc(-c2cc(-c3ccccc3)nc(-c3cccc(-n4c5ccc(-c6cccnc6)cc5c5cc6cc7c8ccccc8c8ccccc8n7c6cc54)c3)n2)cc1. The number of hydrogen-bond acceptors (Lipinski definition) is 3. The van der Waals surface area contributed by atoms with E-state index >= 15 is 0 Å². The van der Waals surface area contributed by atoms with Crippen LogP contribution in [0.1, 0.15) is 0 Å². The minimum absolute atomic E-state index is 0.681. The maximum absolute atomic E-state index is 5.18. The van der Waals surface area contributed by atoms with Crippen LogP contribution < -0.4 is 0 Å². The summed E-state index contributed by atoms with van der Waals surface area (Å²) in [5.41, 5.74) is 13.9. The lowest BCUT2D eigenvalue weighted by molar-refractivity contribution is 1.16. The summed E-state index contributed by atoms with van der Waals surface area (Å²) in [6.07, 6.45) is 3.76. The summed E-state index contributed by atoms with van der Waals surface area (Å²) in [5, 5.41) is 7.33. The van der Waals surface area contributed by atoms with Crippen molar-refractivity contribution in [3.63, 3.8) is 0 Å². The van der Waals surface area contributed by atoms with Gasteiger partial charge in [0.2, 0.25) is 0 Å². The van der Waals surface area contributed by atoms with Crippen LogP contribution in [0.15, 0.2) is 200 Å². The second-order valence-electron chi connectivity index (χ2n) is 14.9. The Morgan fingerprint density at radius 1 is 0.345 bits per heavy atom. The van der Waals surface area contributed by atoms with Crippen molar-refractivity contribution in [1.29, 1.82) is 0 Å². The fourth-order valence-corrected chi connectivity index (χ4v) is 8.88. The quantitative estimate of drug-likeness (QED) is 0.165. The number of rotatable bonds is 5. The smallest absolute Gasteiger partial charge is 0.160 e. The van der Waals surface area contributed by atoms with Gasteiger partial charge in [-0.3, -0.25) is 4.98 Å². The van der Waals surface area contributed by atoms with E-state index in [0.717, 1.165) is 55.9 Å². The Bertz CT molecular complexity index is 3490. The second kappa shape index (κ2) is 12.8. The van der Waals surface area contributed by atoms with E-state index in [9.17, 15) is 0 Å². The lowest BCUT2D eigenvalue weighted by Gasteiger charge is -2.13. The molecule has 0 aliphatic rings. The highest BCUT2D eigenvalue weighted by atomic mass is 15.0. The molecule has 0 saturated carbocycles. The average Bonchev–Trinajstić information content (AvgIpc) is 3.84. The van der Waals surface area contributed by atoms with E-state index in [1.807, 2.05) is 30.6 Å². The Kier molecular flexibility index (Phi) is 7.16. The van der Waals surface area contributed by atoms with Gasteiger partial charge >= 0.3 is 0 Å². The first kappa shape index (κ1) is 32.4. The molecule has 0 spiro atoms. The molecule has 0 radical (unpaired) electrons. The van der Waals surface area contributed by atoms with E-state index < -0.39 is 0 Å². The van der Waals surface area contributed by atoms with E-state index in [4.69, 9.17) is 9.97 Å². The second-order valence-corrected chi connectivity index (χ2v) is 14.9. The molecule has 5 aromatic heterocycles.